The van der Waals surface area contributed by atoms with Crippen molar-refractivity contribution in [2.45, 2.75) is 32.8 Å². The minimum absolute atomic E-state index is 0.00769. The van der Waals surface area contributed by atoms with E-state index in [1.54, 1.807) is 30.3 Å². The normalized spacial score (nSPS) is 11.8. The highest BCUT2D eigenvalue weighted by molar-refractivity contribution is 5.98. The highest BCUT2D eigenvalue weighted by atomic mass is 16.5. The first-order valence-electron chi connectivity index (χ1n) is 9.14. The number of hydrogen-bond donors (Lipinski definition) is 3. The van der Waals surface area contributed by atoms with Crippen LogP contribution in [0.15, 0.2) is 47.3 Å². The summed E-state index contributed by atoms with van der Waals surface area (Å²) in [6, 6.07) is 12.0. The third kappa shape index (κ3) is 5.19. The molecule has 2 aromatic carbocycles. The van der Waals surface area contributed by atoms with E-state index in [1.807, 2.05) is 19.1 Å². The lowest BCUT2D eigenvalue weighted by molar-refractivity contribution is -0.153. The lowest BCUT2D eigenvalue weighted by Crippen LogP contribution is -2.30. The predicted molar refractivity (Wildman–Crippen MR) is 108 cm³/mol. The molecule has 3 aromatic rings. The molecular weight excluding hydrogens is 374 g/mol. The Morgan fingerprint density at radius 2 is 1.69 bits per heavy atom. The Morgan fingerprint density at radius 3 is 2.41 bits per heavy atom. The van der Waals surface area contributed by atoms with E-state index >= 15 is 0 Å². The molecule has 1 aromatic heterocycles. The molecule has 3 rings (SSSR count). The second kappa shape index (κ2) is 8.55. The Hall–Kier alpha value is -3.68. The summed E-state index contributed by atoms with van der Waals surface area (Å²) >= 11 is 0. The summed E-state index contributed by atoms with van der Waals surface area (Å²) in [7, 11) is 0. The number of carbonyl (C=O) groups excluding carboxylic acids is 3. The van der Waals surface area contributed by atoms with Crippen molar-refractivity contribution in [1.82, 2.24) is 9.97 Å². The summed E-state index contributed by atoms with van der Waals surface area (Å²) in [5, 5.41) is 2.63. The molecule has 1 amide bonds. The van der Waals surface area contributed by atoms with Crippen LogP contribution in [0.1, 0.15) is 35.7 Å². The molecule has 0 fully saturated rings. The number of aryl methyl sites for hydroxylation is 1. The molecule has 0 radical (unpaired) electrons. The first-order chi connectivity index (χ1) is 13.8. The van der Waals surface area contributed by atoms with E-state index in [-0.39, 0.29) is 24.3 Å². The van der Waals surface area contributed by atoms with Gasteiger partial charge in [-0.1, -0.05) is 29.8 Å². The molecule has 0 aliphatic heterocycles. The lowest BCUT2D eigenvalue weighted by Gasteiger charge is -2.13. The Balaban J connectivity index is 1.50. The van der Waals surface area contributed by atoms with E-state index < -0.39 is 18.0 Å². The molecule has 0 saturated heterocycles. The molecule has 0 unspecified atom stereocenters. The summed E-state index contributed by atoms with van der Waals surface area (Å²) in [6.45, 7) is 3.37. The van der Waals surface area contributed by atoms with Gasteiger partial charge in [0.15, 0.2) is 11.9 Å². The van der Waals surface area contributed by atoms with Gasteiger partial charge in [-0.25, -0.2) is 4.79 Å². The fourth-order valence-corrected chi connectivity index (χ4v) is 2.76. The van der Waals surface area contributed by atoms with Crippen molar-refractivity contribution in [1.29, 1.82) is 0 Å². The van der Waals surface area contributed by atoms with E-state index in [0.717, 1.165) is 5.56 Å². The van der Waals surface area contributed by atoms with E-state index in [0.29, 0.717) is 22.3 Å². The van der Waals surface area contributed by atoms with Crippen LogP contribution in [0.5, 0.6) is 0 Å². The number of imidazole rings is 1. The van der Waals surface area contributed by atoms with Gasteiger partial charge in [0.2, 0.25) is 0 Å². The first-order valence-corrected chi connectivity index (χ1v) is 9.14. The van der Waals surface area contributed by atoms with Gasteiger partial charge in [-0.15, -0.1) is 0 Å². The molecule has 0 saturated carbocycles. The van der Waals surface area contributed by atoms with Crippen molar-refractivity contribution in [3.05, 3.63) is 64.1 Å². The highest BCUT2D eigenvalue weighted by Crippen LogP contribution is 2.15. The molecule has 1 heterocycles. The molecule has 29 heavy (non-hydrogen) atoms. The van der Waals surface area contributed by atoms with Crippen LogP contribution in [0.25, 0.3) is 11.0 Å². The second-order valence-electron chi connectivity index (χ2n) is 6.75. The quantitative estimate of drug-likeness (QED) is 0.419. The van der Waals surface area contributed by atoms with Crippen LogP contribution in [0.3, 0.4) is 0 Å². The number of Topliss-reactive ketones (excluding diaryl/α,β-unsaturated/α-hetero) is 1. The fourth-order valence-electron chi connectivity index (χ4n) is 2.76. The van der Waals surface area contributed by atoms with Gasteiger partial charge < -0.3 is 20.0 Å². The zero-order valence-corrected chi connectivity index (χ0v) is 16.1. The minimum Gasteiger partial charge on any atom is -0.453 e. The molecule has 150 valence electrons. The smallest absolute Gasteiger partial charge is 0.323 e. The van der Waals surface area contributed by atoms with Crippen molar-refractivity contribution in [2.75, 3.05) is 5.32 Å². The largest absolute Gasteiger partial charge is 0.453 e. The van der Waals surface area contributed by atoms with Gasteiger partial charge >= 0.3 is 11.7 Å². The highest BCUT2D eigenvalue weighted by Gasteiger charge is 2.19. The van der Waals surface area contributed by atoms with Gasteiger partial charge in [-0.3, -0.25) is 14.4 Å². The number of nitrogens with one attached hydrogen (secondary N) is 3. The van der Waals surface area contributed by atoms with E-state index in [9.17, 15) is 19.2 Å². The molecule has 0 aliphatic rings. The van der Waals surface area contributed by atoms with E-state index in [1.165, 1.54) is 6.92 Å². The number of carbonyl (C=O) groups is 3. The standard InChI is InChI=1S/C21H21N3O5/c1-12-3-5-14(6-4-12)18(25)9-10-19(26)29-13(2)20(27)22-15-7-8-16-17(11-15)24-21(28)23-16/h3-8,11,13H,9-10H2,1-2H3,(H,22,27)(H2,23,24,28)/t13-/m0/s1. The van der Waals surface area contributed by atoms with Crippen LogP contribution in [0.4, 0.5) is 5.69 Å². The van der Waals surface area contributed by atoms with Crippen LogP contribution in [0, 0.1) is 6.92 Å². The molecule has 8 heteroatoms. The number of anilines is 1. The van der Waals surface area contributed by atoms with Gasteiger partial charge in [-0.05, 0) is 32.0 Å². The number of hydrogen-bond acceptors (Lipinski definition) is 5. The maximum absolute atomic E-state index is 12.2. The van der Waals surface area contributed by atoms with Gasteiger partial charge in [0, 0.05) is 17.7 Å². The number of esters is 1. The molecule has 8 nitrogen and oxygen atoms in total. The number of aromatic amines is 2. The van der Waals surface area contributed by atoms with Crippen LogP contribution in [-0.4, -0.2) is 33.7 Å². The van der Waals surface area contributed by atoms with Crippen LogP contribution in [-0.2, 0) is 14.3 Å². The Morgan fingerprint density at radius 1 is 1.00 bits per heavy atom. The van der Waals surface area contributed by atoms with Crippen molar-refractivity contribution < 1.29 is 19.1 Å². The number of aromatic nitrogens is 2. The Bertz CT molecular complexity index is 1110. The van der Waals surface area contributed by atoms with E-state index in [2.05, 4.69) is 15.3 Å². The lowest BCUT2D eigenvalue weighted by atomic mass is 10.1. The predicted octanol–water partition coefficient (Wildman–Crippen LogP) is 2.70. The SMILES string of the molecule is Cc1ccc(C(=O)CCC(=O)O[C@@H](C)C(=O)Nc2ccc3[nH]c(=O)[nH]c3c2)cc1. The average molecular weight is 395 g/mol. The molecule has 1 atom stereocenters. The van der Waals surface area contributed by atoms with Crippen LogP contribution >= 0.6 is 0 Å². The summed E-state index contributed by atoms with van der Waals surface area (Å²) in [4.78, 5) is 52.8. The Kier molecular flexibility index (Phi) is 5.92. The number of ether oxygens (including phenoxy) is 1. The molecular formula is C21H21N3O5. The number of fused-ring (bicyclic) bond motifs is 1. The Labute approximate surface area is 166 Å². The third-order valence-corrected chi connectivity index (χ3v) is 4.39. The third-order valence-electron chi connectivity index (χ3n) is 4.39. The monoisotopic (exact) mass is 395 g/mol. The average Bonchev–Trinajstić information content (AvgIpc) is 3.05. The van der Waals surface area contributed by atoms with Gasteiger partial charge in [0.1, 0.15) is 0 Å². The van der Waals surface area contributed by atoms with Gasteiger partial charge in [-0.2, -0.15) is 0 Å². The number of ketones is 1. The maximum Gasteiger partial charge on any atom is 0.323 e. The van der Waals surface area contributed by atoms with Gasteiger partial charge in [0.25, 0.3) is 5.91 Å². The van der Waals surface area contributed by atoms with Crippen LogP contribution in [0.2, 0.25) is 0 Å². The number of H-pyrrole nitrogens is 2. The molecule has 0 bridgehead atoms. The van der Waals surface area contributed by atoms with Crippen molar-refractivity contribution in [2.24, 2.45) is 0 Å². The summed E-state index contributed by atoms with van der Waals surface area (Å²) in [5.41, 5.74) is 2.86. The molecule has 3 N–H and O–H groups in total. The molecule has 0 spiro atoms. The van der Waals surface area contributed by atoms with Gasteiger partial charge in [0.05, 0.1) is 17.5 Å². The number of rotatable bonds is 7. The topological polar surface area (TPSA) is 121 Å². The fraction of sp³-hybridized carbons (Fsp3) is 0.238. The first kappa shape index (κ1) is 20.1. The van der Waals surface area contributed by atoms with Crippen LogP contribution < -0.4 is 11.0 Å². The number of benzene rings is 2. The summed E-state index contributed by atoms with van der Waals surface area (Å²) in [5.74, 6) is -1.30. The zero-order valence-electron chi connectivity index (χ0n) is 16.1. The minimum atomic E-state index is -1.03. The van der Waals surface area contributed by atoms with Crippen molar-refractivity contribution in [3.63, 3.8) is 0 Å². The van der Waals surface area contributed by atoms with E-state index in [4.69, 9.17) is 4.74 Å². The van der Waals surface area contributed by atoms with Crippen molar-refractivity contribution in [3.8, 4) is 0 Å². The summed E-state index contributed by atoms with van der Waals surface area (Å²) in [6.07, 6.45) is -1.13. The zero-order chi connectivity index (χ0) is 21.0. The van der Waals surface area contributed by atoms with Crippen molar-refractivity contribution >= 4 is 34.4 Å². The molecule has 0 aliphatic carbocycles. The number of amides is 1. The summed E-state index contributed by atoms with van der Waals surface area (Å²) < 4.78 is 5.11. The second-order valence-corrected chi connectivity index (χ2v) is 6.75. The maximum atomic E-state index is 12.2.